The van der Waals surface area contributed by atoms with E-state index in [2.05, 4.69) is 21.2 Å². The van der Waals surface area contributed by atoms with Crippen molar-refractivity contribution in [3.05, 3.63) is 82.8 Å². The van der Waals surface area contributed by atoms with E-state index in [4.69, 9.17) is 20.8 Å². The van der Waals surface area contributed by atoms with Crippen LogP contribution in [0.2, 0.25) is 5.02 Å². The van der Waals surface area contributed by atoms with E-state index >= 15 is 0 Å². The molecule has 0 atom stereocenters. The summed E-state index contributed by atoms with van der Waals surface area (Å²) < 4.78 is 10.6. The smallest absolute Gasteiger partial charge is 0.329 e. The van der Waals surface area contributed by atoms with Crippen molar-refractivity contribution in [1.29, 1.82) is 0 Å². The van der Waals surface area contributed by atoms with E-state index in [-0.39, 0.29) is 19.1 Å². The zero-order valence-corrected chi connectivity index (χ0v) is 18.4. The predicted octanol–water partition coefficient (Wildman–Crippen LogP) is 3.03. The minimum atomic E-state index is -0.918. The highest BCUT2D eigenvalue weighted by atomic mass is 35.5. The molecular weight excluding hydrogens is 448 g/mol. The van der Waals surface area contributed by atoms with Crippen LogP contribution in [0.15, 0.2) is 70.4 Å². The number of nitrogens with one attached hydrogen (secondary N) is 3. The van der Waals surface area contributed by atoms with Gasteiger partial charge in [-0.3, -0.25) is 14.4 Å². The average Bonchev–Trinajstić information content (AvgIpc) is 3.33. The number of rotatable bonds is 8. The molecule has 0 fully saturated rings. The van der Waals surface area contributed by atoms with Crippen LogP contribution >= 0.6 is 11.6 Å². The van der Waals surface area contributed by atoms with Gasteiger partial charge < -0.3 is 19.8 Å². The largest absolute Gasteiger partial charge is 0.484 e. The van der Waals surface area contributed by atoms with Crippen LogP contribution in [0.5, 0.6) is 5.75 Å². The number of halogens is 1. The first-order valence-electron chi connectivity index (χ1n) is 9.84. The second kappa shape index (κ2) is 11.5. The van der Waals surface area contributed by atoms with Crippen molar-refractivity contribution in [2.45, 2.75) is 13.5 Å². The Kier molecular flexibility index (Phi) is 8.20. The molecule has 0 spiro atoms. The summed E-state index contributed by atoms with van der Waals surface area (Å²) in [4.78, 5) is 35.7. The minimum absolute atomic E-state index is 0.0901. The van der Waals surface area contributed by atoms with E-state index in [0.717, 1.165) is 5.56 Å². The number of nitrogens with zero attached hydrogens (tertiary/aromatic N) is 1. The number of hydrogen-bond acceptors (Lipinski definition) is 6. The zero-order chi connectivity index (χ0) is 23.6. The van der Waals surface area contributed by atoms with Crippen LogP contribution in [0.25, 0.3) is 0 Å². The number of hydrogen-bond donors (Lipinski definition) is 3. The molecule has 9 nitrogen and oxygen atoms in total. The first-order chi connectivity index (χ1) is 15.9. The molecule has 3 amide bonds. The SMILES string of the molecule is Cc1c(Cl)cccc1NC(=O)COc1cccc(/C=N\NC(=O)C(=O)NCc2ccco2)c1. The van der Waals surface area contributed by atoms with Gasteiger partial charge in [0.25, 0.3) is 5.91 Å². The minimum Gasteiger partial charge on any atom is -0.484 e. The zero-order valence-electron chi connectivity index (χ0n) is 17.6. The Hall–Kier alpha value is -4.11. The molecule has 170 valence electrons. The van der Waals surface area contributed by atoms with Gasteiger partial charge in [-0.2, -0.15) is 5.10 Å². The first kappa shape index (κ1) is 23.6. The third kappa shape index (κ3) is 7.22. The second-order valence-corrected chi connectivity index (χ2v) is 7.19. The average molecular weight is 469 g/mol. The standard InChI is InChI=1S/C23H21ClN4O5/c1-15-19(24)8-3-9-20(15)27-21(29)14-33-17-6-2-5-16(11-17)12-26-28-23(31)22(30)25-13-18-7-4-10-32-18/h2-12H,13-14H2,1H3,(H,25,30)(H,27,29)(H,28,31)/b26-12-. The van der Waals surface area contributed by atoms with Gasteiger partial charge in [-0.1, -0.05) is 29.8 Å². The van der Waals surface area contributed by atoms with Gasteiger partial charge in [0.1, 0.15) is 11.5 Å². The summed E-state index contributed by atoms with van der Waals surface area (Å²) in [7, 11) is 0. The first-order valence-corrected chi connectivity index (χ1v) is 10.2. The van der Waals surface area contributed by atoms with Gasteiger partial charge in [-0.15, -0.1) is 0 Å². The van der Waals surface area contributed by atoms with E-state index < -0.39 is 11.8 Å². The Morgan fingerprint density at radius 1 is 1.09 bits per heavy atom. The number of carbonyl (C=O) groups excluding carboxylic acids is 3. The molecule has 0 aliphatic rings. The van der Waals surface area contributed by atoms with Crippen LogP contribution in [0, 0.1) is 6.92 Å². The molecule has 0 saturated heterocycles. The molecular formula is C23H21ClN4O5. The topological polar surface area (TPSA) is 122 Å². The molecule has 1 heterocycles. The molecule has 0 saturated carbocycles. The molecule has 3 N–H and O–H groups in total. The highest BCUT2D eigenvalue weighted by Gasteiger charge is 2.12. The number of anilines is 1. The maximum atomic E-state index is 12.2. The fraction of sp³-hybridized carbons (Fsp3) is 0.130. The van der Waals surface area contributed by atoms with Gasteiger partial charge in [-0.25, -0.2) is 5.43 Å². The summed E-state index contributed by atoms with van der Waals surface area (Å²) >= 11 is 6.06. The summed E-state index contributed by atoms with van der Waals surface area (Å²) in [6.07, 6.45) is 2.82. The van der Waals surface area contributed by atoms with E-state index in [9.17, 15) is 14.4 Å². The van der Waals surface area contributed by atoms with Crippen molar-refractivity contribution >= 4 is 41.2 Å². The third-order valence-corrected chi connectivity index (χ3v) is 4.77. The summed E-state index contributed by atoms with van der Waals surface area (Å²) in [5.74, 6) is -1.15. The number of furan rings is 1. The lowest BCUT2D eigenvalue weighted by Gasteiger charge is -2.10. The van der Waals surface area contributed by atoms with Gasteiger partial charge in [0.15, 0.2) is 6.61 Å². The van der Waals surface area contributed by atoms with Crippen LogP contribution < -0.4 is 20.8 Å². The highest BCUT2D eigenvalue weighted by molar-refractivity contribution is 6.35. The number of amides is 3. The van der Waals surface area contributed by atoms with Crippen LogP contribution in [-0.2, 0) is 20.9 Å². The van der Waals surface area contributed by atoms with Gasteiger partial charge >= 0.3 is 11.8 Å². The quantitative estimate of drug-likeness (QED) is 0.266. The van der Waals surface area contributed by atoms with Gasteiger partial charge in [0.2, 0.25) is 0 Å². The summed E-state index contributed by atoms with van der Waals surface area (Å²) in [6.45, 7) is 1.69. The predicted molar refractivity (Wildman–Crippen MR) is 123 cm³/mol. The maximum Gasteiger partial charge on any atom is 0.329 e. The lowest BCUT2D eigenvalue weighted by atomic mass is 10.2. The molecule has 10 heteroatoms. The Balaban J connectivity index is 1.46. The van der Waals surface area contributed by atoms with Crippen LogP contribution in [0.1, 0.15) is 16.9 Å². The highest BCUT2D eigenvalue weighted by Crippen LogP contribution is 2.22. The van der Waals surface area contributed by atoms with Crippen LogP contribution in [0.4, 0.5) is 5.69 Å². The molecule has 2 aromatic carbocycles. The fourth-order valence-electron chi connectivity index (χ4n) is 2.64. The molecule has 3 rings (SSSR count). The molecule has 0 radical (unpaired) electrons. The molecule has 33 heavy (non-hydrogen) atoms. The molecule has 3 aromatic rings. The van der Waals surface area contributed by atoms with Crippen molar-refractivity contribution in [3.8, 4) is 5.75 Å². The normalized spacial score (nSPS) is 10.6. The number of ether oxygens (including phenoxy) is 1. The van der Waals surface area contributed by atoms with Crippen molar-refractivity contribution in [3.63, 3.8) is 0 Å². The number of hydrazone groups is 1. The Morgan fingerprint density at radius 2 is 1.91 bits per heavy atom. The van der Waals surface area contributed by atoms with Gasteiger partial charge in [0, 0.05) is 10.7 Å². The summed E-state index contributed by atoms with van der Waals surface area (Å²) in [6, 6.07) is 15.3. The number of benzene rings is 2. The second-order valence-electron chi connectivity index (χ2n) is 6.78. The maximum absolute atomic E-state index is 12.2. The van der Waals surface area contributed by atoms with Crippen molar-refractivity contribution < 1.29 is 23.5 Å². The van der Waals surface area contributed by atoms with E-state index in [1.54, 1.807) is 54.6 Å². The van der Waals surface area contributed by atoms with Gasteiger partial charge in [-0.05, 0) is 54.4 Å². The Morgan fingerprint density at radius 3 is 2.70 bits per heavy atom. The summed E-state index contributed by atoms with van der Waals surface area (Å²) in [5.41, 5.74) is 4.11. The number of carbonyl (C=O) groups is 3. The van der Waals surface area contributed by atoms with Crippen molar-refractivity contribution in [1.82, 2.24) is 10.7 Å². The molecule has 1 aromatic heterocycles. The van der Waals surface area contributed by atoms with Crippen LogP contribution in [0.3, 0.4) is 0 Å². The van der Waals surface area contributed by atoms with Crippen molar-refractivity contribution in [2.75, 3.05) is 11.9 Å². The van der Waals surface area contributed by atoms with E-state index in [0.29, 0.717) is 27.8 Å². The summed E-state index contributed by atoms with van der Waals surface area (Å²) in [5, 5.41) is 9.48. The van der Waals surface area contributed by atoms with E-state index in [1.807, 2.05) is 6.92 Å². The van der Waals surface area contributed by atoms with Gasteiger partial charge in [0.05, 0.1) is 19.0 Å². The molecule has 0 aliphatic heterocycles. The fourth-order valence-corrected chi connectivity index (χ4v) is 2.81. The Labute approximate surface area is 194 Å². The van der Waals surface area contributed by atoms with Crippen LogP contribution in [-0.4, -0.2) is 30.5 Å². The van der Waals surface area contributed by atoms with E-state index in [1.165, 1.54) is 12.5 Å². The molecule has 0 bridgehead atoms. The van der Waals surface area contributed by atoms with Crippen molar-refractivity contribution in [2.24, 2.45) is 5.10 Å². The third-order valence-electron chi connectivity index (χ3n) is 4.36. The lowest BCUT2D eigenvalue weighted by molar-refractivity contribution is -0.139. The Bertz CT molecular complexity index is 1160. The molecule has 0 aliphatic carbocycles. The lowest BCUT2D eigenvalue weighted by Crippen LogP contribution is -2.37. The molecule has 0 unspecified atom stereocenters. The monoisotopic (exact) mass is 468 g/mol.